The monoisotopic (exact) mass is 393 g/mol. The summed E-state index contributed by atoms with van der Waals surface area (Å²) in [4.78, 5) is 22.0. The fourth-order valence-electron chi connectivity index (χ4n) is 2.51. The summed E-state index contributed by atoms with van der Waals surface area (Å²) < 4.78 is 12.8. The standard InChI is InChI=1S/C19H24FN3OS2/c1-13-17(14(2)23-19(22-13)25-3)9-10-18(24)21-11-4-12-26-16-7-5-15(20)6-8-16/h5-8H,4,9-12H2,1-3H3,(H,21,24). The van der Waals surface area contributed by atoms with Crippen molar-refractivity contribution in [2.45, 2.75) is 43.2 Å². The van der Waals surface area contributed by atoms with E-state index in [1.807, 2.05) is 20.1 Å². The van der Waals surface area contributed by atoms with Gasteiger partial charge in [-0.3, -0.25) is 4.79 Å². The highest BCUT2D eigenvalue weighted by atomic mass is 32.2. The Bertz CT molecular complexity index is 715. The smallest absolute Gasteiger partial charge is 0.220 e. The number of aromatic nitrogens is 2. The van der Waals surface area contributed by atoms with Crippen molar-refractivity contribution < 1.29 is 9.18 Å². The number of halogens is 1. The summed E-state index contributed by atoms with van der Waals surface area (Å²) in [6.07, 6.45) is 3.92. The van der Waals surface area contributed by atoms with Crippen LogP contribution in [0.3, 0.4) is 0 Å². The Morgan fingerprint density at radius 3 is 2.42 bits per heavy atom. The molecule has 26 heavy (non-hydrogen) atoms. The molecule has 1 N–H and O–H groups in total. The molecule has 4 nitrogen and oxygen atoms in total. The van der Waals surface area contributed by atoms with E-state index in [1.54, 1.807) is 23.9 Å². The zero-order valence-corrected chi connectivity index (χ0v) is 17.0. The molecule has 2 aromatic rings. The minimum absolute atomic E-state index is 0.0459. The Morgan fingerprint density at radius 2 is 1.81 bits per heavy atom. The van der Waals surface area contributed by atoms with Crippen molar-refractivity contribution in [1.82, 2.24) is 15.3 Å². The number of nitrogens with one attached hydrogen (secondary N) is 1. The molecule has 0 aliphatic carbocycles. The van der Waals surface area contributed by atoms with Crippen molar-refractivity contribution >= 4 is 29.4 Å². The van der Waals surface area contributed by atoms with Crippen LogP contribution in [0.15, 0.2) is 34.3 Å². The van der Waals surface area contributed by atoms with Crippen molar-refractivity contribution in [2.24, 2.45) is 0 Å². The van der Waals surface area contributed by atoms with Crippen LogP contribution < -0.4 is 5.32 Å². The molecule has 0 saturated heterocycles. The summed E-state index contributed by atoms with van der Waals surface area (Å²) in [5, 5.41) is 3.72. The van der Waals surface area contributed by atoms with Gasteiger partial charge in [-0.1, -0.05) is 11.8 Å². The van der Waals surface area contributed by atoms with Crippen molar-refractivity contribution in [2.75, 3.05) is 18.6 Å². The van der Waals surface area contributed by atoms with Crippen LogP contribution in [-0.4, -0.2) is 34.4 Å². The van der Waals surface area contributed by atoms with E-state index in [2.05, 4.69) is 15.3 Å². The van der Waals surface area contributed by atoms with E-state index in [-0.39, 0.29) is 11.7 Å². The molecule has 7 heteroatoms. The molecule has 0 radical (unpaired) electrons. The van der Waals surface area contributed by atoms with E-state index in [0.717, 1.165) is 39.2 Å². The van der Waals surface area contributed by atoms with Gasteiger partial charge >= 0.3 is 0 Å². The number of thioether (sulfide) groups is 2. The summed E-state index contributed by atoms with van der Waals surface area (Å²) in [7, 11) is 0. The minimum atomic E-state index is -0.222. The van der Waals surface area contributed by atoms with E-state index in [0.29, 0.717) is 19.4 Å². The average molecular weight is 394 g/mol. The van der Waals surface area contributed by atoms with Crippen LogP contribution in [0, 0.1) is 19.7 Å². The number of aryl methyl sites for hydroxylation is 2. The highest BCUT2D eigenvalue weighted by Gasteiger charge is 2.10. The lowest BCUT2D eigenvalue weighted by Crippen LogP contribution is -2.25. The van der Waals surface area contributed by atoms with E-state index in [9.17, 15) is 9.18 Å². The molecule has 0 spiro atoms. The number of nitrogens with zero attached hydrogens (tertiary/aromatic N) is 2. The van der Waals surface area contributed by atoms with Gasteiger partial charge in [0.1, 0.15) is 5.82 Å². The zero-order valence-electron chi connectivity index (χ0n) is 15.3. The lowest BCUT2D eigenvalue weighted by Gasteiger charge is -2.10. The van der Waals surface area contributed by atoms with Crippen molar-refractivity contribution in [3.63, 3.8) is 0 Å². The number of rotatable bonds is 9. The second-order valence-electron chi connectivity index (χ2n) is 5.87. The van der Waals surface area contributed by atoms with Crippen LogP contribution in [0.4, 0.5) is 4.39 Å². The highest BCUT2D eigenvalue weighted by Crippen LogP contribution is 2.19. The van der Waals surface area contributed by atoms with Gasteiger partial charge in [0, 0.05) is 29.2 Å². The number of carbonyl (C=O) groups excluding carboxylic acids is 1. The molecule has 1 aromatic carbocycles. The molecule has 2 rings (SSSR count). The number of benzene rings is 1. The van der Waals surface area contributed by atoms with E-state index in [1.165, 1.54) is 23.9 Å². The number of carbonyl (C=O) groups is 1. The summed E-state index contributed by atoms with van der Waals surface area (Å²) in [6, 6.07) is 6.47. The normalized spacial score (nSPS) is 10.8. The Hall–Kier alpha value is -1.60. The van der Waals surface area contributed by atoms with Crippen LogP contribution in [0.5, 0.6) is 0 Å². The Kier molecular flexibility index (Phi) is 8.38. The van der Waals surface area contributed by atoms with Crippen LogP contribution >= 0.6 is 23.5 Å². The molecule has 1 amide bonds. The third-order valence-electron chi connectivity index (χ3n) is 3.91. The zero-order chi connectivity index (χ0) is 18.9. The topological polar surface area (TPSA) is 54.9 Å². The second kappa shape index (κ2) is 10.5. The van der Waals surface area contributed by atoms with E-state index in [4.69, 9.17) is 0 Å². The van der Waals surface area contributed by atoms with Gasteiger partial charge in [0.25, 0.3) is 0 Å². The lowest BCUT2D eigenvalue weighted by molar-refractivity contribution is -0.121. The molecular weight excluding hydrogens is 369 g/mol. The Balaban J connectivity index is 1.67. The molecule has 0 unspecified atom stereocenters. The molecular formula is C19H24FN3OS2. The van der Waals surface area contributed by atoms with Crippen LogP contribution in [-0.2, 0) is 11.2 Å². The molecule has 0 bridgehead atoms. The van der Waals surface area contributed by atoms with Gasteiger partial charge in [-0.25, -0.2) is 14.4 Å². The maximum Gasteiger partial charge on any atom is 0.220 e. The van der Waals surface area contributed by atoms with Crippen molar-refractivity contribution in [3.05, 3.63) is 47.0 Å². The van der Waals surface area contributed by atoms with Gasteiger partial charge in [-0.05, 0) is 68.5 Å². The Morgan fingerprint density at radius 1 is 1.15 bits per heavy atom. The first-order valence-corrected chi connectivity index (χ1v) is 10.7. The summed E-state index contributed by atoms with van der Waals surface area (Å²) >= 11 is 3.18. The predicted octanol–water partition coefficient (Wildman–Crippen LogP) is 4.19. The molecule has 0 saturated carbocycles. The largest absolute Gasteiger partial charge is 0.356 e. The van der Waals surface area contributed by atoms with Gasteiger partial charge in [-0.15, -0.1) is 11.8 Å². The molecule has 0 aliphatic rings. The third-order valence-corrected chi connectivity index (χ3v) is 5.56. The number of hydrogen-bond acceptors (Lipinski definition) is 5. The van der Waals surface area contributed by atoms with E-state index < -0.39 is 0 Å². The van der Waals surface area contributed by atoms with Gasteiger partial charge < -0.3 is 5.32 Å². The fraction of sp³-hybridized carbons (Fsp3) is 0.421. The van der Waals surface area contributed by atoms with Crippen LogP contribution in [0.1, 0.15) is 29.8 Å². The summed E-state index contributed by atoms with van der Waals surface area (Å²) in [6.45, 7) is 4.58. The molecule has 1 heterocycles. The highest BCUT2D eigenvalue weighted by molar-refractivity contribution is 7.99. The van der Waals surface area contributed by atoms with Crippen molar-refractivity contribution in [3.8, 4) is 0 Å². The summed E-state index contributed by atoms with van der Waals surface area (Å²) in [5.41, 5.74) is 2.96. The molecule has 0 atom stereocenters. The van der Waals surface area contributed by atoms with Gasteiger partial charge in [0.05, 0.1) is 0 Å². The van der Waals surface area contributed by atoms with E-state index >= 15 is 0 Å². The molecule has 1 aromatic heterocycles. The van der Waals surface area contributed by atoms with Crippen LogP contribution in [0.2, 0.25) is 0 Å². The SMILES string of the molecule is CSc1nc(C)c(CCC(=O)NCCCSc2ccc(F)cc2)c(C)n1. The minimum Gasteiger partial charge on any atom is -0.356 e. The van der Waals surface area contributed by atoms with Gasteiger partial charge in [-0.2, -0.15) is 0 Å². The maximum absolute atomic E-state index is 12.8. The molecule has 140 valence electrons. The molecule has 0 aliphatic heterocycles. The first kappa shape index (κ1) is 20.7. The predicted molar refractivity (Wildman–Crippen MR) is 106 cm³/mol. The average Bonchev–Trinajstić information content (AvgIpc) is 2.62. The quantitative estimate of drug-likeness (QED) is 0.393. The first-order valence-electron chi connectivity index (χ1n) is 8.52. The number of hydrogen-bond donors (Lipinski definition) is 1. The van der Waals surface area contributed by atoms with Crippen LogP contribution in [0.25, 0.3) is 0 Å². The van der Waals surface area contributed by atoms with Gasteiger partial charge in [0.2, 0.25) is 5.91 Å². The second-order valence-corrected chi connectivity index (χ2v) is 7.81. The summed E-state index contributed by atoms with van der Waals surface area (Å²) in [5.74, 6) is 0.707. The third kappa shape index (κ3) is 6.61. The first-order chi connectivity index (χ1) is 12.5. The molecule has 0 fully saturated rings. The van der Waals surface area contributed by atoms with Gasteiger partial charge in [0.15, 0.2) is 5.16 Å². The number of amides is 1. The van der Waals surface area contributed by atoms with Crippen molar-refractivity contribution in [1.29, 1.82) is 0 Å². The lowest BCUT2D eigenvalue weighted by atomic mass is 10.1. The fourth-order valence-corrected chi connectivity index (χ4v) is 3.82. The Labute approximate surface area is 162 Å². The maximum atomic E-state index is 12.8.